The number of Topliss-reactive ketones (excluding diaryl/α,β-unsaturated/α-hetero) is 1. The van der Waals surface area contributed by atoms with Crippen LogP contribution >= 0.6 is 0 Å². The second-order valence-corrected chi connectivity index (χ2v) is 9.74. The lowest BCUT2D eigenvalue weighted by molar-refractivity contribution is -0.163. The first-order valence-corrected chi connectivity index (χ1v) is 11.1. The van der Waals surface area contributed by atoms with Crippen molar-refractivity contribution in [3.63, 3.8) is 0 Å². The Morgan fingerprint density at radius 2 is 1.81 bits per heavy atom. The number of hydrogen-bond donors (Lipinski definition) is 1. The van der Waals surface area contributed by atoms with Gasteiger partial charge in [0.1, 0.15) is 12.2 Å². The lowest BCUT2D eigenvalue weighted by atomic mass is 9.80. The summed E-state index contributed by atoms with van der Waals surface area (Å²) in [6, 6.07) is 8.09. The summed E-state index contributed by atoms with van der Waals surface area (Å²) in [6.07, 6.45) is 3.08. The van der Waals surface area contributed by atoms with Crippen molar-refractivity contribution in [2.75, 3.05) is 0 Å². The molecule has 1 heterocycles. The molecule has 0 aromatic heterocycles. The Morgan fingerprint density at radius 1 is 1.16 bits per heavy atom. The fraction of sp³-hybridized carbons (Fsp3) is 0.625. The molecule has 1 aliphatic heterocycles. The highest BCUT2D eigenvalue weighted by Gasteiger charge is 2.64. The molecule has 1 aromatic carbocycles. The zero-order chi connectivity index (χ0) is 22.8. The zero-order valence-corrected chi connectivity index (χ0v) is 18.9. The maximum Gasteiger partial charge on any atom is 0.411 e. The van der Waals surface area contributed by atoms with Crippen LogP contribution in [0.5, 0.6) is 0 Å². The van der Waals surface area contributed by atoms with E-state index >= 15 is 0 Å². The molecule has 7 heteroatoms. The van der Waals surface area contributed by atoms with Crippen LogP contribution < -0.4 is 5.73 Å². The third-order valence-corrected chi connectivity index (χ3v) is 6.13. The standard InChI is InChI=1S/C24H34N2O5/c1-16(25)20(27)24(21(28)30-15-17-10-6-5-7-11-17)14-18-12-8-9-13-19(18)26(24)22(29)31-23(2,3)4/h5-7,10-11,16,18-19H,8-9,12-15,25H2,1-4H3/t16?,18-,19-,24+/m1/s1. The number of esters is 1. The minimum absolute atomic E-state index is 0.0190. The van der Waals surface area contributed by atoms with Crippen LogP contribution in [0.2, 0.25) is 0 Å². The molecule has 0 bridgehead atoms. The van der Waals surface area contributed by atoms with Crippen molar-refractivity contribution in [3.05, 3.63) is 35.9 Å². The van der Waals surface area contributed by atoms with Gasteiger partial charge in [-0.2, -0.15) is 0 Å². The second-order valence-electron chi connectivity index (χ2n) is 9.74. The minimum atomic E-state index is -1.76. The Bertz CT molecular complexity index is 817. The molecule has 1 unspecified atom stereocenters. The number of benzene rings is 1. The lowest BCUT2D eigenvalue weighted by Gasteiger charge is -2.40. The van der Waals surface area contributed by atoms with Crippen LogP contribution in [0, 0.1) is 5.92 Å². The Kier molecular flexibility index (Phi) is 6.74. The van der Waals surface area contributed by atoms with Gasteiger partial charge in [-0.25, -0.2) is 9.59 Å². The van der Waals surface area contributed by atoms with Crippen LogP contribution in [0.15, 0.2) is 30.3 Å². The van der Waals surface area contributed by atoms with Gasteiger partial charge in [0.05, 0.1) is 6.04 Å². The number of rotatable bonds is 5. The molecule has 1 aliphatic carbocycles. The summed E-state index contributed by atoms with van der Waals surface area (Å²) < 4.78 is 11.3. The number of nitrogens with zero attached hydrogens (tertiary/aromatic N) is 1. The Hall–Kier alpha value is -2.41. The van der Waals surface area contributed by atoms with Crippen molar-refractivity contribution in [2.45, 2.75) is 89.6 Å². The van der Waals surface area contributed by atoms with E-state index in [1.54, 1.807) is 27.7 Å². The van der Waals surface area contributed by atoms with Gasteiger partial charge in [-0.3, -0.25) is 9.69 Å². The number of carbonyl (C=O) groups excluding carboxylic acids is 3. The van der Waals surface area contributed by atoms with E-state index in [1.165, 1.54) is 4.90 Å². The van der Waals surface area contributed by atoms with Crippen LogP contribution in [0.3, 0.4) is 0 Å². The Labute approximate surface area is 184 Å². The van der Waals surface area contributed by atoms with Gasteiger partial charge in [-0.1, -0.05) is 43.2 Å². The number of hydrogen-bond acceptors (Lipinski definition) is 6. The van der Waals surface area contributed by atoms with Gasteiger partial charge in [0, 0.05) is 6.04 Å². The van der Waals surface area contributed by atoms with Crippen LogP contribution in [0.1, 0.15) is 65.4 Å². The first kappa shape index (κ1) is 23.3. The second kappa shape index (κ2) is 8.99. The first-order valence-electron chi connectivity index (χ1n) is 11.1. The number of carbonyl (C=O) groups is 3. The molecule has 0 spiro atoms. The molecule has 7 nitrogen and oxygen atoms in total. The molecule has 3 rings (SSSR count). The number of nitrogens with two attached hydrogens (primary N) is 1. The SMILES string of the molecule is CC(N)C(=O)[C@]1(C(=O)OCc2ccccc2)C[C@H]2CCCC[C@H]2N1C(=O)OC(C)(C)C. The third kappa shape index (κ3) is 4.76. The average Bonchev–Trinajstić information content (AvgIpc) is 3.07. The van der Waals surface area contributed by atoms with Crippen LogP contribution in [-0.2, 0) is 25.7 Å². The highest BCUT2D eigenvalue weighted by molar-refractivity contribution is 6.13. The number of ketones is 1. The molecular formula is C24H34N2O5. The monoisotopic (exact) mass is 430 g/mol. The molecule has 2 fully saturated rings. The van der Waals surface area contributed by atoms with Crippen LogP contribution in [-0.4, -0.2) is 46.0 Å². The van der Waals surface area contributed by atoms with Crippen molar-refractivity contribution >= 4 is 17.8 Å². The van der Waals surface area contributed by atoms with Crippen molar-refractivity contribution in [1.82, 2.24) is 4.90 Å². The quantitative estimate of drug-likeness (QED) is 0.566. The molecule has 1 aromatic rings. The molecule has 1 saturated carbocycles. The number of amides is 1. The summed E-state index contributed by atoms with van der Waals surface area (Å²) in [7, 11) is 0. The highest BCUT2D eigenvalue weighted by Crippen LogP contribution is 2.47. The predicted octanol–water partition coefficient (Wildman–Crippen LogP) is 3.58. The highest BCUT2D eigenvalue weighted by atomic mass is 16.6. The van der Waals surface area contributed by atoms with Gasteiger partial charge in [0.25, 0.3) is 0 Å². The molecule has 31 heavy (non-hydrogen) atoms. The number of fused-ring (bicyclic) bond motifs is 1. The van der Waals surface area contributed by atoms with Gasteiger partial charge in [0.15, 0.2) is 5.78 Å². The maximum absolute atomic E-state index is 13.6. The van der Waals surface area contributed by atoms with Gasteiger partial charge in [0.2, 0.25) is 5.54 Å². The predicted molar refractivity (Wildman–Crippen MR) is 116 cm³/mol. The smallest absolute Gasteiger partial charge is 0.411 e. The van der Waals surface area contributed by atoms with Crippen LogP contribution in [0.4, 0.5) is 4.79 Å². The van der Waals surface area contributed by atoms with Crippen molar-refractivity contribution in [2.24, 2.45) is 11.7 Å². The van der Waals surface area contributed by atoms with E-state index in [-0.39, 0.29) is 25.0 Å². The maximum atomic E-state index is 13.6. The fourth-order valence-corrected chi connectivity index (χ4v) is 4.85. The van der Waals surface area contributed by atoms with Gasteiger partial charge >= 0.3 is 12.1 Å². The molecule has 4 atom stereocenters. The summed E-state index contributed by atoms with van der Waals surface area (Å²) >= 11 is 0. The van der Waals surface area contributed by atoms with E-state index in [4.69, 9.17) is 15.2 Å². The molecule has 1 saturated heterocycles. The summed E-state index contributed by atoms with van der Waals surface area (Å²) in [5.41, 5.74) is 4.27. The van der Waals surface area contributed by atoms with E-state index < -0.39 is 35.0 Å². The normalized spacial score (nSPS) is 26.7. The largest absolute Gasteiger partial charge is 0.459 e. The summed E-state index contributed by atoms with van der Waals surface area (Å²) in [5.74, 6) is -1.18. The van der Waals surface area contributed by atoms with E-state index in [1.807, 2.05) is 30.3 Å². The zero-order valence-electron chi connectivity index (χ0n) is 18.9. The van der Waals surface area contributed by atoms with Crippen molar-refractivity contribution < 1.29 is 23.9 Å². The molecule has 0 radical (unpaired) electrons. The molecule has 2 N–H and O–H groups in total. The minimum Gasteiger partial charge on any atom is -0.459 e. The van der Waals surface area contributed by atoms with E-state index in [0.29, 0.717) is 0 Å². The topological polar surface area (TPSA) is 98.9 Å². The number of likely N-dealkylation sites (tertiary alicyclic amines) is 1. The average molecular weight is 431 g/mol. The number of ether oxygens (including phenoxy) is 2. The molecule has 2 aliphatic rings. The Balaban J connectivity index is 2.00. The van der Waals surface area contributed by atoms with E-state index in [0.717, 1.165) is 31.2 Å². The molecule has 170 valence electrons. The molecule has 1 amide bonds. The Morgan fingerprint density at radius 3 is 2.42 bits per heavy atom. The lowest BCUT2D eigenvalue weighted by Crippen LogP contribution is -2.64. The summed E-state index contributed by atoms with van der Waals surface area (Å²) in [6.45, 7) is 6.86. The van der Waals surface area contributed by atoms with Crippen molar-refractivity contribution in [3.8, 4) is 0 Å². The van der Waals surface area contributed by atoms with Gasteiger partial charge in [-0.15, -0.1) is 0 Å². The van der Waals surface area contributed by atoms with E-state index in [2.05, 4.69) is 0 Å². The van der Waals surface area contributed by atoms with Gasteiger partial charge < -0.3 is 15.2 Å². The van der Waals surface area contributed by atoms with Gasteiger partial charge in [-0.05, 0) is 58.4 Å². The third-order valence-electron chi connectivity index (χ3n) is 6.13. The summed E-state index contributed by atoms with van der Waals surface area (Å²) in [4.78, 5) is 41.7. The molecular weight excluding hydrogens is 396 g/mol. The van der Waals surface area contributed by atoms with Crippen LogP contribution in [0.25, 0.3) is 0 Å². The fourth-order valence-electron chi connectivity index (χ4n) is 4.85. The summed E-state index contributed by atoms with van der Waals surface area (Å²) in [5, 5.41) is 0. The first-order chi connectivity index (χ1) is 14.6. The van der Waals surface area contributed by atoms with E-state index in [9.17, 15) is 14.4 Å². The van der Waals surface area contributed by atoms with Crippen molar-refractivity contribution in [1.29, 1.82) is 0 Å².